The van der Waals surface area contributed by atoms with E-state index in [1.807, 2.05) is 30.3 Å². The van der Waals surface area contributed by atoms with Crippen LogP contribution in [0.3, 0.4) is 0 Å². The van der Waals surface area contributed by atoms with Crippen molar-refractivity contribution in [1.82, 2.24) is 14.7 Å². The quantitative estimate of drug-likeness (QED) is 0.721. The Morgan fingerprint density at radius 3 is 2.46 bits per heavy atom. The average Bonchev–Trinajstić information content (AvgIpc) is 2.94. The Morgan fingerprint density at radius 2 is 1.73 bits per heavy atom. The fraction of sp³-hybridized carbons (Fsp3) is 0.579. The molecule has 0 saturated carbocycles. The van der Waals surface area contributed by atoms with Crippen LogP contribution < -0.4 is 0 Å². The Hall–Kier alpha value is -1.96. The van der Waals surface area contributed by atoms with Gasteiger partial charge in [-0.15, -0.1) is 0 Å². The zero-order valence-corrected chi connectivity index (χ0v) is 14.9. The first-order valence-corrected chi connectivity index (χ1v) is 9.29. The van der Waals surface area contributed by atoms with Gasteiger partial charge in [-0.1, -0.05) is 30.3 Å². The highest BCUT2D eigenvalue weighted by Gasteiger charge is 2.49. The fourth-order valence-electron chi connectivity index (χ4n) is 3.97. The predicted molar refractivity (Wildman–Crippen MR) is 94.7 cm³/mol. The zero-order chi connectivity index (χ0) is 17.9. The van der Waals surface area contributed by atoms with Crippen molar-refractivity contribution in [2.24, 2.45) is 0 Å². The van der Waals surface area contributed by atoms with Crippen molar-refractivity contribution in [3.63, 3.8) is 0 Å². The van der Waals surface area contributed by atoms with E-state index >= 15 is 0 Å². The summed E-state index contributed by atoms with van der Waals surface area (Å²) in [5, 5.41) is 0. The van der Waals surface area contributed by atoms with Gasteiger partial charge in [0, 0.05) is 26.2 Å². The number of imide groups is 1. The molecule has 1 aromatic carbocycles. The monoisotopic (exact) mass is 359 g/mol. The second-order valence-electron chi connectivity index (χ2n) is 7.03. The van der Waals surface area contributed by atoms with E-state index in [0.29, 0.717) is 45.9 Å². The van der Waals surface area contributed by atoms with Gasteiger partial charge in [-0.2, -0.15) is 0 Å². The minimum absolute atomic E-state index is 0.121. The van der Waals surface area contributed by atoms with Gasteiger partial charge in [0.1, 0.15) is 6.04 Å². The Kier molecular flexibility index (Phi) is 5.19. The van der Waals surface area contributed by atoms with Crippen LogP contribution in [0.4, 0.5) is 4.79 Å². The molecule has 2 unspecified atom stereocenters. The highest BCUT2D eigenvalue weighted by atomic mass is 16.5. The molecule has 0 bridgehead atoms. The number of hydrogen-bond acceptors (Lipinski definition) is 5. The summed E-state index contributed by atoms with van der Waals surface area (Å²) in [6, 6.07) is 9.25. The second-order valence-corrected chi connectivity index (χ2v) is 7.03. The number of urea groups is 1. The summed E-state index contributed by atoms with van der Waals surface area (Å²) in [5.41, 5.74) is 1.13. The van der Waals surface area contributed by atoms with Gasteiger partial charge in [0.15, 0.2) is 0 Å². The zero-order valence-electron chi connectivity index (χ0n) is 14.9. The lowest BCUT2D eigenvalue weighted by Crippen LogP contribution is -2.51. The van der Waals surface area contributed by atoms with Crippen LogP contribution in [-0.4, -0.2) is 91.3 Å². The number of carbonyl (C=O) groups is 2. The third-order valence-electron chi connectivity index (χ3n) is 5.35. The van der Waals surface area contributed by atoms with Gasteiger partial charge in [0.05, 0.1) is 32.5 Å². The smallest absolute Gasteiger partial charge is 0.327 e. The molecule has 7 heteroatoms. The van der Waals surface area contributed by atoms with Crippen molar-refractivity contribution in [2.45, 2.75) is 18.5 Å². The molecule has 0 N–H and O–H groups in total. The molecule has 4 rings (SSSR count). The lowest BCUT2D eigenvalue weighted by atomic mass is 10.0. The van der Waals surface area contributed by atoms with Gasteiger partial charge in [0.2, 0.25) is 0 Å². The highest BCUT2D eigenvalue weighted by molar-refractivity contribution is 6.04. The van der Waals surface area contributed by atoms with Crippen LogP contribution in [0, 0.1) is 0 Å². The van der Waals surface area contributed by atoms with Crippen molar-refractivity contribution < 1.29 is 19.1 Å². The predicted octanol–water partition coefficient (Wildman–Crippen LogP) is 0.593. The summed E-state index contributed by atoms with van der Waals surface area (Å²) < 4.78 is 10.9. The van der Waals surface area contributed by atoms with Crippen LogP contribution in [0.25, 0.3) is 0 Å². The minimum atomic E-state index is -0.459. The van der Waals surface area contributed by atoms with E-state index in [1.165, 1.54) is 4.90 Å². The lowest BCUT2D eigenvalue weighted by molar-refractivity contribution is -0.133. The molecule has 3 amide bonds. The molecule has 3 aliphatic rings. The summed E-state index contributed by atoms with van der Waals surface area (Å²) in [6.45, 7) is 5.02. The maximum Gasteiger partial charge on any atom is 0.327 e. The molecule has 3 saturated heterocycles. The molecule has 0 spiro atoms. The molecule has 140 valence electrons. The molecule has 2 atom stereocenters. The van der Waals surface area contributed by atoms with Gasteiger partial charge in [-0.05, 0) is 12.0 Å². The average molecular weight is 359 g/mol. The van der Waals surface area contributed by atoms with Crippen molar-refractivity contribution in [2.75, 3.05) is 52.6 Å². The van der Waals surface area contributed by atoms with E-state index in [9.17, 15) is 9.59 Å². The number of benzene rings is 1. The molecular weight excluding hydrogens is 334 g/mol. The van der Waals surface area contributed by atoms with Gasteiger partial charge in [-0.3, -0.25) is 14.6 Å². The van der Waals surface area contributed by atoms with Crippen LogP contribution in [0.1, 0.15) is 5.56 Å². The number of nitrogens with zero attached hydrogens (tertiary/aromatic N) is 3. The first kappa shape index (κ1) is 17.5. The van der Waals surface area contributed by atoms with Crippen molar-refractivity contribution in [3.05, 3.63) is 35.9 Å². The molecule has 26 heavy (non-hydrogen) atoms. The van der Waals surface area contributed by atoms with E-state index in [0.717, 1.165) is 18.7 Å². The van der Waals surface area contributed by atoms with Crippen molar-refractivity contribution in [1.29, 1.82) is 0 Å². The number of rotatable bonds is 5. The Morgan fingerprint density at radius 1 is 1.00 bits per heavy atom. The maximum absolute atomic E-state index is 13.0. The largest absolute Gasteiger partial charge is 0.379 e. The molecule has 0 aromatic heterocycles. The first-order chi connectivity index (χ1) is 12.7. The normalized spacial score (nSPS) is 25.5. The van der Waals surface area contributed by atoms with Crippen molar-refractivity contribution in [3.8, 4) is 0 Å². The number of carbonyl (C=O) groups excluding carboxylic acids is 2. The summed E-state index contributed by atoms with van der Waals surface area (Å²) in [7, 11) is 0. The van der Waals surface area contributed by atoms with Crippen LogP contribution in [0.5, 0.6) is 0 Å². The minimum Gasteiger partial charge on any atom is -0.379 e. The summed E-state index contributed by atoms with van der Waals surface area (Å²) in [5.74, 6) is -0.121. The molecule has 0 radical (unpaired) electrons. The first-order valence-electron chi connectivity index (χ1n) is 9.29. The number of morpholine rings is 2. The number of ether oxygens (including phenoxy) is 2. The van der Waals surface area contributed by atoms with Crippen LogP contribution in [0.2, 0.25) is 0 Å². The number of hydrogen-bond donors (Lipinski definition) is 0. The maximum atomic E-state index is 13.0. The molecule has 1 aromatic rings. The van der Waals surface area contributed by atoms with Gasteiger partial charge in [0.25, 0.3) is 5.91 Å². The van der Waals surface area contributed by atoms with E-state index in [2.05, 4.69) is 4.90 Å². The SMILES string of the molecule is O=C1C2COCCN2C(=O)N1C(Cc1ccccc1)CN1CCOCC1. The lowest BCUT2D eigenvalue weighted by Gasteiger charge is -2.34. The Labute approximate surface area is 153 Å². The third kappa shape index (κ3) is 3.47. The van der Waals surface area contributed by atoms with Gasteiger partial charge in [-0.25, -0.2) is 4.79 Å². The molecule has 3 fully saturated rings. The Bertz CT molecular complexity index is 623. The van der Waals surface area contributed by atoms with Crippen LogP contribution in [0.15, 0.2) is 30.3 Å². The molecule has 3 aliphatic heterocycles. The van der Waals surface area contributed by atoms with E-state index in [4.69, 9.17) is 9.47 Å². The van der Waals surface area contributed by atoms with Gasteiger partial charge >= 0.3 is 6.03 Å². The highest BCUT2D eigenvalue weighted by Crippen LogP contribution is 2.25. The number of amides is 3. The van der Waals surface area contributed by atoms with E-state index in [1.54, 1.807) is 4.90 Å². The van der Waals surface area contributed by atoms with Crippen LogP contribution >= 0.6 is 0 Å². The molecule has 3 heterocycles. The Balaban J connectivity index is 1.56. The third-order valence-corrected chi connectivity index (χ3v) is 5.35. The topological polar surface area (TPSA) is 62.3 Å². The molecular formula is C19H25N3O4. The standard InChI is InChI=1S/C19H25N3O4/c23-18-17-14-26-11-8-21(17)19(24)22(18)16(12-15-4-2-1-3-5-15)13-20-6-9-25-10-7-20/h1-5,16-17H,6-14H2. The number of fused-ring (bicyclic) bond motifs is 1. The summed E-state index contributed by atoms with van der Waals surface area (Å²) in [6.07, 6.45) is 0.664. The fourth-order valence-corrected chi connectivity index (χ4v) is 3.97. The summed E-state index contributed by atoms with van der Waals surface area (Å²) in [4.78, 5) is 31.4. The molecule has 7 nitrogen and oxygen atoms in total. The van der Waals surface area contributed by atoms with E-state index in [-0.39, 0.29) is 18.0 Å². The van der Waals surface area contributed by atoms with E-state index < -0.39 is 6.04 Å². The van der Waals surface area contributed by atoms with Crippen molar-refractivity contribution >= 4 is 11.9 Å². The molecule has 0 aliphatic carbocycles. The van der Waals surface area contributed by atoms with Gasteiger partial charge < -0.3 is 14.4 Å². The second kappa shape index (κ2) is 7.73. The summed E-state index contributed by atoms with van der Waals surface area (Å²) >= 11 is 0. The van der Waals surface area contributed by atoms with Crippen LogP contribution in [-0.2, 0) is 20.7 Å².